The molecule has 0 saturated heterocycles. The average Bonchev–Trinajstić information content (AvgIpc) is 2.89. The van der Waals surface area contributed by atoms with Gasteiger partial charge in [-0.3, -0.25) is 9.59 Å². The first-order chi connectivity index (χ1) is 16.7. The van der Waals surface area contributed by atoms with Gasteiger partial charge in [-0.25, -0.2) is 0 Å². The maximum absolute atomic E-state index is 12.7. The maximum atomic E-state index is 12.7. The summed E-state index contributed by atoms with van der Waals surface area (Å²) in [6.07, 6.45) is 0. The monoisotopic (exact) mass is 450 g/mol. The zero-order valence-corrected chi connectivity index (χ0v) is 18.7. The zero-order chi connectivity index (χ0) is 23.6. The molecule has 4 rings (SSSR count). The van der Waals surface area contributed by atoms with Gasteiger partial charge in [0.25, 0.3) is 11.8 Å². The van der Waals surface area contributed by atoms with E-state index in [9.17, 15) is 9.59 Å². The smallest absolute Gasteiger partial charge is 0.255 e. The lowest BCUT2D eigenvalue weighted by Crippen LogP contribution is -2.23. The van der Waals surface area contributed by atoms with Gasteiger partial charge in [-0.15, -0.1) is 0 Å². The molecule has 5 nitrogen and oxygen atoms in total. The minimum absolute atomic E-state index is 0.180. The van der Waals surface area contributed by atoms with Crippen molar-refractivity contribution in [3.63, 3.8) is 0 Å². The summed E-state index contributed by atoms with van der Waals surface area (Å²) in [5, 5.41) is 5.80. The van der Waals surface area contributed by atoms with Crippen LogP contribution in [0.3, 0.4) is 0 Å². The first-order valence-corrected chi connectivity index (χ1v) is 11.1. The van der Waals surface area contributed by atoms with Gasteiger partial charge in [-0.1, -0.05) is 72.8 Å². The summed E-state index contributed by atoms with van der Waals surface area (Å²) >= 11 is 0. The van der Waals surface area contributed by atoms with Crippen molar-refractivity contribution in [3.8, 4) is 0 Å². The molecule has 0 radical (unpaired) electrons. The van der Waals surface area contributed by atoms with Gasteiger partial charge >= 0.3 is 0 Å². The molecule has 0 saturated carbocycles. The SMILES string of the molecule is O=C(NCc1ccccc1COCc1ccccc1)c1ccc(NC(=O)c2ccccc2)cc1. The molecule has 4 aromatic rings. The molecule has 2 N–H and O–H groups in total. The summed E-state index contributed by atoms with van der Waals surface area (Å²) in [6.45, 7) is 1.40. The molecule has 0 bridgehead atoms. The van der Waals surface area contributed by atoms with Crippen molar-refractivity contribution < 1.29 is 14.3 Å². The van der Waals surface area contributed by atoms with Gasteiger partial charge < -0.3 is 15.4 Å². The average molecular weight is 451 g/mol. The van der Waals surface area contributed by atoms with Crippen LogP contribution >= 0.6 is 0 Å². The predicted molar refractivity (Wildman–Crippen MR) is 133 cm³/mol. The van der Waals surface area contributed by atoms with Crippen LogP contribution in [0.5, 0.6) is 0 Å². The van der Waals surface area contributed by atoms with E-state index in [2.05, 4.69) is 10.6 Å². The van der Waals surface area contributed by atoms with E-state index in [0.717, 1.165) is 16.7 Å². The van der Waals surface area contributed by atoms with E-state index in [4.69, 9.17) is 4.74 Å². The third-order valence-electron chi connectivity index (χ3n) is 5.37. The normalized spacial score (nSPS) is 10.5. The second-order valence-corrected chi connectivity index (χ2v) is 7.83. The number of carbonyl (C=O) groups excluding carboxylic acids is 2. The second-order valence-electron chi connectivity index (χ2n) is 7.83. The van der Waals surface area contributed by atoms with Crippen LogP contribution in [-0.4, -0.2) is 11.8 Å². The van der Waals surface area contributed by atoms with E-state index >= 15 is 0 Å². The molecule has 0 spiro atoms. The Bertz CT molecular complexity index is 1220. The Kier molecular flexibility index (Phi) is 7.82. The van der Waals surface area contributed by atoms with E-state index < -0.39 is 0 Å². The van der Waals surface area contributed by atoms with Crippen LogP contribution in [-0.2, 0) is 24.5 Å². The molecule has 4 aromatic carbocycles. The summed E-state index contributed by atoms with van der Waals surface area (Å²) < 4.78 is 5.87. The van der Waals surface area contributed by atoms with Crippen molar-refractivity contribution in [3.05, 3.63) is 137 Å². The fourth-order valence-corrected chi connectivity index (χ4v) is 3.50. The summed E-state index contributed by atoms with van der Waals surface area (Å²) in [6, 6.07) is 33.8. The quantitative estimate of drug-likeness (QED) is 0.350. The molecule has 2 amide bonds. The highest BCUT2D eigenvalue weighted by Crippen LogP contribution is 2.14. The van der Waals surface area contributed by atoms with Gasteiger partial charge in [-0.2, -0.15) is 0 Å². The van der Waals surface area contributed by atoms with Crippen molar-refractivity contribution in [2.75, 3.05) is 5.32 Å². The number of ether oxygens (including phenoxy) is 1. The molecule has 0 aliphatic rings. The van der Waals surface area contributed by atoms with Gasteiger partial charge in [-0.05, 0) is 53.1 Å². The van der Waals surface area contributed by atoms with E-state index in [0.29, 0.717) is 36.6 Å². The summed E-state index contributed by atoms with van der Waals surface area (Å²) in [5.41, 5.74) is 4.91. The highest BCUT2D eigenvalue weighted by molar-refractivity contribution is 6.04. The van der Waals surface area contributed by atoms with Crippen molar-refractivity contribution in [2.45, 2.75) is 19.8 Å². The third kappa shape index (κ3) is 6.40. The second kappa shape index (κ2) is 11.6. The molecule has 0 atom stereocenters. The molecule has 0 fully saturated rings. The van der Waals surface area contributed by atoms with Gasteiger partial charge in [0.2, 0.25) is 0 Å². The Morgan fingerprint density at radius 2 is 1.18 bits per heavy atom. The number of carbonyl (C=O) groups is 2. The number of hydrogen-bond donors (Lipinski definition) is 2. The summed E-state index contributed by atoms with van der Waals surface area (Å²) in [7, 11) is 0. The molecule has 0 heterocycles. The van der Waals surface area contributed by atoms with Crippen LogP contribution in [0.25, 0.3) is 0 Å². The van der Waals surface area contributed by atoms with Gasteiger partial charge in [0.05, 0.1) is 13.2 Å². The molecule has 0 unspecified atom stereocenters. The largest absolute Gasteiger partial charge is 0.372 e. The zero-order valence-electron chi connectivity index (χ0n) is 18.7. The van der Waals surface area contributed by atoms with Crippen molar-refractivity contribution in [1.29, 1.82) is 0 Å². The molecule has 0 aliphatic heterocycles. The van der Waals surface area contributed by atoms with E-state index in [1.54, 1.807) is 36.4 Å². The number of hydrogen-bond acceptors (Lipinski definition) is 3. The van der Waals surface area contributed by atoms with E-state index in [-0.39, 0.29) is 11.8 Å². The number of rotatable bonds is 9. The van der Waals surface area contributed by atoms with Crippen LogP contribution in [0.1, 0.15) is 37.4 Å². The topological polar surface area (TPSA) is 67.4 Å². The van der Waals surface area contributed by atoms with Crippen LogP contribution in [0.4, 0.5) is 5.69 Å². The van der Waals surface area contributed by atoms with E-state index in [1.807, 2.05) is 72.8 Å². The first-order valence-electron chi connectivity index (χ1n) is 11.1. The molecule has 5 heteroatoms. The van der Waals surface area contributed by atoms with Crippen LogP contribution < -0.4 is 10.6 Å². The van der Waals surface area contributed by atoms with Crippen LogP contribution in [0.2, 0.25) is 0 Å². The Morgan fingerprint density at radius 3 is 1.88 bits per heavy atom. The number of amides is 2. The minimum atomic E-state index is -0.191. The summed E-state index contributed by atoms with van der Waals surface area (Å²) in [4.78, 5) is 24.9. The third-order valence-corrected chi connectivity index (χ3v) is 5.37. The first kappa shape index (κ1) is 23.0. The molecule has 34 heavy (non-hydrogen) atoms. The van der Waals surface area contributed by atoms with Crippen LogP contribution in [0, 0.1) is 0 Å². The lowest BCUT2D eigenvalue weighted by molar-refractivity contribution is 0.0947. The molecule has 0 aliphatic carbocycles. The highest BCUT2D eigenvalue weighted by Gasteiger charge is 2.09. The fraction of sp³-hybridized carbons (Fsp3) is 0.103. The predicted octanol–water partition coefficient (Wildman–Crippen LogP) is 5.59. The standard InChI is InChI=1S/C29H26N2O3/c32-28(24-15-17-27(18-16-24)31-29(33)23-11-5-2-6-12-23)30-19-25-13-7-8-14-26(25)21-34-20-22-9-3-1-4-10-22/h1-18H,19-21H2,(H,30,32)(H,31,33). The lowest BCUT2D eigenvalue weighted by atomic mass is 10.1. The number of anilines is 1. The van der Waals surface area contributed by atoms with Gasteiger partial charge in [0.1, 0.15) is 0 Å². The number of nitrogens with one attached hydrogen (secondary N) is 2. The molecule has 0 aromatic heterocycles. The Hall–Kier alpha value is -4.22. The Morgan fingerprint density at radius 1 is 0.588 bits per heavy atom. The lowest BCUT2D eigenvalue weighted by Gasteiger charge is -2.12. The highest BCUT2D eigenvalue weighted by atomic mass is 16.5. The van der Waals surface area contributed by atoms with Crippen LogP contribution in [0.15, 0.2) is 109 Å². The summed E-state index contributed by atoms with van der Waals surface area (Å²) in [5.74, 6) is -0.371. The fourth-order valence-electron chi connectivity index (χ4n) is 3.50. The molecular weight excluding hydrogens is 424 g/mol. The van der Waals surface area contributed by atoms with Crippen molar-refractivity contribution >= 4 is 17.5 Å². The van der Waals surface area contributed by atoms with Crippen molar-refractivity contribution in [2.24, 2.45) is 0 Å². The van der Waals surface area contributed by atoms with Gasteiger partial charge in [0, 0.05) is 23.4 Å². The number of benzene rings is 4. The van der Waals surface area contributed by atoms with Crippen molar-refractivity contribution in [1.82, 2.24) is 5.32 Å². The Labute approximate surface area is 199 Å². The molecular formula is C29H26N2O3. The Balaban J connectivity index is 1.30. The maximum Gasteiger partial charge on any atom is 0.255 e. The van der Waals surface area contributed by atoms with Gasteiger partial charge in [0.15, 0.2) is 0 Å². The molecule has 170 valence electrons. The van der Waals surface area contributed by atoms with E-state index in [1.165, 1.54) is 0 Å². The minimum Gasteiger partial charge on any atom is -0.372 e.